The van der Waals surface area contributed by atoms with E-state index >= 15 is 0 Å². The van der Waals surface area contributed by atoms with Crippen LogP contribution in [0.15, 0.2) is 18.2 Å². The molecule has 0 fully saturated rings. The van der Waals surface area contributed by atoms with Gasteiger partial charge in [0.05, 0.1) is 25.3 Å². The summed E-state index contributed by atoms with van der Waals surface area (Å²) >= 11 is 0. The third-order valence-electron chi connectivity index (χ3n) is 1.97. The zero-order valence-electron chi connectivity index (χ0n) is 7.90. The number of aliphatic hydroxyl groups excluding tert-OH is 1. The molecule has 0 spiro atoms. The van der Waals surface area contributed by atoms with E-state index in [1.165, 1.54) is 7.11 Å². The molecule has 1 atom stereocenters. The molecule has 0 aliphatic carbocycles. The Bertz CT molecular complexity index is 358. The van der Waals surface area contributed by atoms with Crippen molar-refractivity contribution in [3.63, 3.8) is 0 Å². The Morgan fingerprint density at radius 3 is 2.86 bits per heavy atom. The largest absolute Gasteiger partial charge is 0.495 e. The number of methoxy groups -OCH3 is 1. The number of nitrogens with two attached hydrogens (primary N) is 1. The van der Waals surface area contributed by atoms with Gasteiger partial charge in [-0.05, 0) is 17.7 Å². The number of hydrogen-bond donors (Lipinski definition) is 2. The van der Waals surface area contributed by atoms with Crippen molar-refractivity contribution < 1.29 is 9.84 Å². The highest BCUT2D eigenvalue weighted by Gasteiger charge is 2.08. The topological polar surface area (TPSA) is 79.3 Å². The van der Waals surface area contributed by atoms with E-state index in [1.807, 2.05) is 6.07 Å². The maximum atomic E-state index is 8.84. The Hall–Kier alpha value is -1.57. The second kappa shape index (κ2) is 4.61. The molecule has 14 heavy (non-hydrogen) atoms. The lowest BCUT2D eigenvalue weighted by atomic mass is 10.0. The SMILES string of the molecule is COc1ccc(C(N)CO)cc1C#N. The number of rotatable bonds is 3. The van der Waals surface area contributed by atoms with Crippen molar-refractivity contribution in [1.29, 1.82) is 5.26 Å². The number of nitriles is 1. The molecule has 3 N–H and O–H groups in total. The summed E-state index contributed by atoms with van der Waals surface area (Å²) in [7, 11) is 1.50. The van der Waals surface area contributed by atoms with Crippen LogP contribution >= 0.6 is 0 Å². The van der Waals surface area contributed by atoms with Gasteiger partial charge in [0.1, 0.15) is 11.8 Å². The molecule has 0 aromatic heterocycles. The predicted molar refractivity (Wildman–Crippen MR) is 51.7 cm³/mol. The summed E-state index contributed by atoms with van der Waals surface area (Å²) in [6.45, 7) is -0.142. The van der Waals surface area contributed by atoms with Crippen molar-refractivity contribution in [2.45, 2.75) is 6.04 Å². The summed E-state index contributed by atoms with van der Waals surface area (Å²) in [5, 5.41) is 17.6. The molecule has 0 saturated heterocycles. The normalized spacial score (nSPS) is 11.9. The van der Waals surface area contributed by atoms with Crippen LogP contribution in [0.5, 0.6) is 5.75 Å². The Morgan fingerprint density at radius 1 is 1.64 bits per heavy atom. The molecule has 4 heteroatoms. The van der Waals surface area contributed by atoms with Gasteiger partial charge < -0.3 is 15.6 Å². The van der Waals surface area contributed by atoms with E-state index in [4.69, 9.17) is 20.8 Å². The van der Waals surface area contributed by atoms with Gasteiger partial charge >= 0.3 is 0 Å². The predicted octanol–water partition coefficient (Wildman–Crippen LogP) is 0.559. The Labute approximate surface area is 82.5 Å². The summed E-state index contributed by atoms with van der Waals surface area (Å²) in [6.07, 6.45) is 0. The van der Waals surface area contributed by atoms with Gasteiger partial charge in [-0.1, -0.05) is 6.07 Å². The van der Waals surface area contributed by atoms with Crippen LogP contribution in [0.25, 0.3) is 0 Å². The zero-order chi connectivity index (χ0) is 10.6. The van der Waals surface area contributed by atoms with E-state index in [1.54, 1.807) is 18.2 Å². The molecule has 74 valence electrons. The van der Waals surface area contributed by atoms with Crippen molar-refractivity contribution in [2.24, 2.45) is 5.73 Å². The van der Waals surface area contributed by atoms with Gasteiger partial charge in [-0.15, -0.1) is 0 Å². The number of aliphatic hydroxyl groups is 1. The lowest BCUT2D eigenvalue weighted by molar-refractivity contribution is 0.268. The number of hydrogen-bond acceptors (Lipinski definition) is 4. The molecule has 1 unspecified atom stereocenters. The van der Waals surface area contributed by atoms with Crippen LogP contribution in [0.4, 0.5) is 0 Å². The fourth-order valence-corrected chi connectivity index (χ4v) is 1.15. The van der Waals surface area contributed by atoms with Crippen molar-refractivity contribution in [2.75, 3.05) is 13.7 Å². The van der Waals surface area contributed by atoms with Gasteiger partial charge in [-0.2, -0.15) is 5.26 Å². The van der Waals surface area contributed by atoms with E-state index in [0.29, 0.717) is 11.3 Å². The quantitative estimate of drug-likeness (QED) is 0.733. The summed E-state index contributed by atoms with van der Waals surface area (Å²) in [5.41, 5.74) is 6.76. The molecule has 0 saturated carbocycles. The van der Waals surface area contributed by atoms with Gasteiger partial charge in [-0.3, -0.25) is 0 Å². The first-order chi connectivity index (χ1) is 6.72. The first kappa shape index (κ1) is 10.5. The van der Waals surface area contributed by atoms with Crippen LogP contribution in [-0.2, 0) is 0 Å². The van der Waals surface area contributed by atoms with Crippen LogP contribution in [0, 0.1) is 11.3 Å². The minimum absolute atomic E-state index is 0.142. The Morgan fingerprint density at radius 2 is 2.36 bits per heavy atom. The zero-order valence-corrected chi connectivity index (χ0v) is 7.90. The standard InChI is InChI=1S/C10H12N2O2/c1-14-10-3-2-7(9(12)6-13)4-8(10)5-11/h2-4,9,13H,6,12H2,1H3. The molecule has 0 heterocycles. The van der Waals surface area contributed by atoms with Gasteiger partial charge in [0.2, 0.25) is 0 Å². The first-order valence-corrected chi connectivity index (χ1v) is 4.17. The fraction of sp³-hybridized carbons (Fsp3) is 0.300. The molecule has 1 aromatic carbocycles. The van der Waals surface area contributed by atoms with E-state index < -0.39 is 6.04 Å². The van der Waals surface area contributed by atoms with E-state index in [9.17, 15) is 0 Å². The molecule has 1 aromatic rings. The van der Waals surface area contributed by atoms with Gasteiger partial charge in [0.15, 0.2) is 0 Å². The summed E-state index contributed by atoms with van der Waals surface area (Å²) in [4.78, 5) is 0. The van der Waals surface area contributed by atoms with Crippen LogP contribution in [0.1, 0.15) is 17.2 Å². The summed E-state index contributed by atoms with van der Waals surface area (Å²) < 4.78 is 4.98. The molecule has 0 amide bonds. The lowest BCUT2D eigenvalue weighted by Crippen LogP contribution is -2.14. The second-order valence-electron chi connectivity index (χ2n) is 2.86. The van der Waals surface area contributed by atoms with Crippen molar-refractivity contribution in [3.8, 4) is 11.8 Å². The summed E-state index contributed by atoms with van der Waals surface area (Å²) in [5.74, 6) is 0.515. The monoisotopic (exact) mass is 192 g/mol. The highest BCUT2D eigenvalue weighted by atomic mass is 16.5. The van der Waals surface area contributed by atoms with E-state index in [0.717, 1.165) is 5.56 Å². The van der Waals surface area contributed by atoms with E-state index in [2.05, 4.69) is 0 Å². The van der Waals surface area contributed by atoms with Crippen LogP contribution < -0.4 is 10.5 Å². The smallest absolute Gasteiger partial charge is 0.136 e. The average molecular weight is 192 g/mol. The minimum atomic E-state index is -0.451. The van der Waals surface area contributed by atoms with Crippen molar-refractivity contribution in [1.82, 2.24) is 0 Å². The molecule has 0 aliphatic heterocycles. The second-order valence-corrected chi connectivity index (χ2v) is 2.86. The highest BCUT2D eigenvalue weighted by Crippen LogP contribution is 2.21. The van der Waals surface area contributed by atoms with Gasteiger partial charge in [-0.25, -0.2) is 0 Å². The number of nitrogens with zero attached hydrogens (tertiary/aromatic N) is 1. The molecular formula is C10H12N2O2. The minimum Gasteiger partial charge on any atom is -0.495 e. The van der Waals surface area contributed by atoms with Crippen molar-refractivity contribution >= 4 is 0 Å². The lowest BCUT2D eigenvalue weighted by Gasteiger charge is -2.10. The summed E-state index contributed by atoms with van der Waals surface area (Å²) in [6, 6.07) is 6.58. The van der Waals surface area contributed by atoms with Crippen LogP contribution in [0.2, 0.25) is 0 Å². The number of ether oxygens (including phenoxy) is 1. The Kier molecular flexibility index (Phi) is 3.46. The van der Waals surface area contributed by atoms with E-state index in [-0.39, 0.29) is 6.61 Å². The van der Waals surface area contributed by atoms with Crippen LogP contribution in [-0.4, -0.2) is 18.8 Å². The number of benzene rings is 1. The highest BCUT2D eigenvalue weighted by molar-refractivity contribution is 5.46. The maximum Gasteiger partial charge on any atom is 0.136 e. The third kappa shape index (κ3) is 2.02. The molecule has 0 bridgehead atoms. The molecule has 0 radical (unpaired) electrons. The molecular weight excluding hydrogens is 180 g/mol. The Balaban J connectivity index is 3.09. The van der Waals surface area contributed by atoms with Gasteiger partial charge in [0.25, 0.3) is 0 Å². The van der Waals surface area contributed by atoms with Crippen molar-refractivity contribution in [3.05, 3.63) is 29.3 Å². The molecule has 4 nitrogen and oxygen atoms in total. The van der Waals surface area contributed by atoms with Crippen LogP contribution in [0.3, 0.4) is 0 Å². The average Bonchev–Trinajstić information content (AvgIpc) is 2.26. The third-order valence-corrected chi connectivity index (χ3v) is 1.97. The fourth-order valence-electron chi connectivity index (χ4n) is 1.15. The first-order valence-electron chi connectivity index (χ1n) is 4.17. The molecule has 0 aliphatic rings. The van der Waals surface area contributed by atoms with Gasteiger partial charge in [0, 0.05) is 0 Å². The maximum absolute atomic E-state index is 8.84. The molecule has 1 rings (SSSR count).